The molecule has 3 nitrogen and oxygen atoms in total. The van der Waals surface area contributed by atoms with Crippen LogP contribution >= 0.6 is 12.4 Å². The van der Waals surface area contributed by atoms with Gasteiger partial charge in [0.25, 0.3) is 0 Å². The Kier molecular flexibility index (Phi) is 3.74. The van der Waals surface area contributed by atoms with Crippen molar-refractivity contribution in [2.24, 2.45) is 0 Å². The smallest absolute Gasteiger partial charge is 0.179 e. The molecule has 0 aliphatic carbocycles. The zero-order valence-corrected chi connectivity index (χ0v) is 9.38. The van der Waals surface area contributed by atoms with E-state index in [0.29, 0.717) is 5.75 Å². The van der Waals surface area contributed by atoms with E-state index in [1.165, 1.54) is 0 Å². The molecule has 0 amide bonds. The molecule has 2 aromatic rings. The normalized spacial score (nSPS) is 9.47. The molecule has 0 aliphatic rings. The minimum absolute atomic E-state index is 0. The lowest BCUT2D eigenvalue weighted by molar-refractivity contribution is 0.357. The van der Waals surface area contributed by atoms with Crippen LogP contribution < -0.4 is 9.47 Å². The molecule has 0 atom stereocenters. The molecule has 0 fully saturated rings. The minimum Gasteiger partial charge on any atom is -0.492 e. The first kappa shape index (κ1) is 11.6. The van der Waals surface area contributed by atoms with E-state index in [-0.39, 0.29) is 12.4 Å². The molecule has 0 saturated carbocycles. The van der Waals surface area contributed by atoms with Crippen LogP contribution in [-0.2, 0) is 0 Å². The fourth-order valence-electron chi connectivity index (χ4n) is 1.45. The Hall–Kier alpha value is -1.48. The maximum atomic E-state index is 5.28. The van der Waals surface area contributed by atoms with Gasteiger partial charge in [0.05, 0.1) is 25.9 Å². The SMILES string of the molecule is COc1cnc2ccccc2c1OC.Cl. The number of benzene rings is 1. The molecule has 0 aliphatic heterocycles. The summed E-state index contributed by atoms with van der Waals surface area (Å²) in [7, 11) is 3.23. The van der Waals surface area contributed by atoms with Crippen molar-refractivity contribution in [1.82, 2.24) is 4.98 Å². The third-order valence-electron chi connectivity index (χ3n) is 2.12. The average molecular weight is 226 g/mol. The molecule has 0 bridgehead atoms. The minimum atomic E-state index is 0. The van der Waals surface area contributed by atoms with Gasteiger partial charge in [-0.2, -0.15) is 0 Å². The van der Waals surface area contributed by atoms with E-state index in [1.54, 1.807) is 20.4 Å². The van der Waals surface area contributed by atoms with Gasteiger partial charge in [0.2, 0.25) is 0 Å². The lowest BCUT2D eigenvalue weighted by Crippen LogP contribution is -1.92. The van der Waals surface area contributed by atoms with E-state index in [2.05, 4.69) is 4.98 Å². The number of pyridine rings is 1. The Morgan fingerprint density at radius 1 is 1.07 bits per heavy atom. The lowest BCUT2D eigenvalue weighted by Gasteiger charge is -2.09. The highest BCUT2D eigenvalue weighted by atomic mass is 35.5. The van der Waals surface area contributed by atoms with Crippen LogP contribution in [0.5, 0.6) is 11.5 Å². The summed E-state index contributed by atoms with van der Waals surface area (Å²) in [5, 5.41) is 0.967. The third-order valence-corrected chi connectivity index (χ3v) is 2.12. The molecule has 0 unspecified atom stereocenters. The van der Waals surface area contributed by atoms with E-state index in [9.17, 15) is 0 Å². The van der Waals surface area contributed by atoms with Gasteiger partial charge in [-0.3, -0.25) is 4.98 Å². The molecule has 0 N–H and O–H groups in total. The first-order valence-electron chi connectivity index (χ1n) is 4.32. The fourth-order valence-corrected chi connectivity index (χ4v) is 1.45. The van der Waals surface area contributed by atoms with Crippen LogP contribution in [0, 0.1) is 0 Å². The predicted octanol–water partition coefficient (Wildman–Crippen LogP) is 2.67. The van der Waals surface area contributed by atoms with Crippen LogP contribution in [-0.4, -0.2) is 19.2 Å². The number of hydrogen-bond acceptors (Lipinski definition) is 3. The topological polar surface area (TPSA) is 31.4 Å². The number of para-hydroxylation sites is 1. The summed E-state index contributed by atoms with van der Waals surface area (Å²) >= 11 is 0. The summed E-state index contributed by atoms with van der Waals surface area (Å²) in [6, 6.07) is 7.80. The van der Waals surface area contributed by atoms with Crippen LogP contribution in [0.1, 0.15) is 0 Å². The zero-order valence-electron chi connectivity index (χ0n) is 8.56. The number of ether oxygens (including phenoxy) is 2. The standard InChI is InChI=1S/C11H11NO2.ClH/c1-13-10-7-12-9-6-4-3-5-8(9)11(10)14-2;/h3-7H,1-2H3;1H. The Labute approximate surface area is 94.4 Å². The molecule has 80 valence electrons. The number of fused-ring (bicyclic) bond motifs is 1. The van der Waals surface area contributed by atoms with Crippen LogP contribution in [0.4, 0.5) is 0 Å². The van der Waals surface area contributed by atoms with E-state index in [4.69, 9.17) is 9.47 Å². The van der Waals surface area contributed by atoms with E-state index in [0.717, 1.165) is 16.7 Å². The average Bonchev–Trinajstić information content (AvgIpc) is 2.27. The highest BCUT2D eigenvalue weighted by Gasteiger charge is 2.08. The van der Waals surface area contributed by atoms with Crippen molar-refractivity contribution in [3.63, 3.8) is 0 Å². The summed E-state index contributed by atoms with van der Waals surface area (Å²) in [6.07, 6.45) is 1.67. The van der Waals surface area contributed by atoms with Crippen molar-refractivity contribution in [2.45, 2.75) is 0 Å². The molecule has 0 radical (unpaired) electrons. The molecule has 1 aromatic heterocycles. The molecular weight excluding hydrogens is 214 g/mol. The molecule has 2 rings (SSSR count). The van der Waals surface area contributed by atoms with Crippen molar-refractivity contribution < 1.29 is 9.47 Å². The second kappa shape index (κ2) is 4.84. The Morgan fingerprint density at radius 2 is 1.80 bits per heavy atom. The van der Waals surface area contributed by atoms with Gasteiger partial charge in [-0.1, -0.05) is 12.1 Å². The predicted molar refractivity (Wildman–Crippen MR) is 62.1 cm³/mol. The number of hydrogen-bond donors (Lipinski definition) is 0. The molecule has 1 aromatic carbocycles. The van der Waals surface area contributed by atoms with Crippen molar-refractivity contribution in [3.8, 4) is 11.5 Å². The summed E-state index contributed by atoms with van der Waals surface area (Å²) in [6.45, 7) is 0. The highest BCUT2D eigenvalue weighted by molar-refractivity contribution is 5.87. The number of halogens is 1. The van der Waals surface area contributed by atoms with Crippen LogP contribution in [0.3, 0.4) is 0 Å². The van der Waals surface area contributed by atoms with Gasteiger partial charge in [-0.15, -0.1) is 12.4 Å². The van der Waals surface area contributed by atoms with Crippen molar-refractivity contribution in [2.75, 3.05) is 14.2 Å². The molecule has 1 heterocycles. The largest absolute Gasteiger partial charge is 0.492 e. The van der Waals surface area contributed by atoms with Gasteiger partial charge in [0.15, 0.2) is 11.5 Å². The molecule has 0 saturated heterocycles. The summed E-state index contributed by atoms with van der Waals surface area (Å²) < 4.78 is 10.4. The van der Waals surface area contributed by atoms with Crippen molar-refractivity contribution in [3.05, 3.63) is 30.5 Å². The maximum Gasteiger partial charge on any atom is 0.179 e. The van der Waals surface area contributed by atoms with Gasteiger partial charge in [-0.05, 0) is 12.1 Å². The number of rotatable bonds is 2. The Bertz CT molecular complexity index is 459. The van der Waals surface area contributed by atoms with Gasteiger partial charge in [0, 0.05) is 5.39 Å². The first-order chi connectivity index (χ1) is 6.86. The Balaban J connectivity index is 0.00000112. The van der Waals surface area contributed by atoms with E-state index in [1.807, 2.05) is 24.3 Å². The zero-order chi connectivity index (χ0) is 9.97. The highest BCUT2D eigenvalue weighted by Crippen LogP contribution is 2.33. The van der Waals surface area contributed by atoms with Crippen molar-refractivity contribution >= 4 is 23.3 Å². The quantitative estimate of drug-likeness (QED) is 0.788. The number of methoxy groups -OCH3 is 2. The van der Waals surface area contributed by atoms with Gasteiger partial charge in [0.1, 0.15) is 0 Å². The number of nitrogens with zero attached hydrogens (tertiary/aromatic N) is 1. The van der Waals surface area contributed by atoms with Crippen LogP contribution in [0.15, 0.2) is 30.5 Å². The summed E-state index contributed by atoms with van der Waals surface area (Å²) in [5.41, 5.74) is 0.908. The second-order valence-electron chi connectivity index (χ2n) is 2.88. The molecule has 4 heteroatoms. The first-order valence-corrected chi connectivity index (χ1v) is 4.32. The molecule has 15 heavy (non-hydrogen) atoms. The lowest BCUT2D eigenvalue weighted by atomic mass is 10.2. The van der Waals surface area contributed by atoms with Gasteiger partial charge < -0.3 is 9.47 Å². The second-order valence-corrected chi connectivity index (χ2v) is 2.88. The van der Waals surface area contributed by atoms with Crippen LogP contribution in [0.2, 0.25) is 0 Å². The summed E-state index contributed by atoms with van der Waals surface area (Å²) in [5.74, 6) is 1.39. The molecular formula is C11H12ClNO2. The molecule has 0 spiro atoms. The van der Waals surface area contributed by atoms with Crippen LogP contribution in [0.25, 0.3) is 10.9 Å². The van der Waals surface area contributed by atoms with E-state index >= 15 is 0 Å². The Morgan fingerprint density at radius 3 is 2.47 bits per heavy atom. The van der Waals surface area contributed by atoms with Gasteiger partial charge in [-0.25, -0.2) is 0 Å². The van der Waals surface area contributed by atoms with Crippen molar-refractivity contribution in [1.29, 1.82) is 0 Å². The number of aromatic nitrogens is 1. The fraction of sp³-hybridized carbons (Fsp3) is 0.182. The monoisotopic (exact) mass is 225 g/mol. The summed E-state index contributed by atoms with van der Waals surface area (Å²) in [4.78, 5) is 4.26. The third kappa shape index (κ3) is 1.97. The van der Waals surface area contributed by atoms with E-state index < -0.39 is 0 Å². The maximum absolute atomic E-state index is 5.28. The van der Waals surface area contributed by atoms with Gasteiger partial charge >= 0.3 is 0 Å².